The predicted octanol–water partition coefficient (Wildman–Crippen LogP) is 2.75. The summed E-state index contributed by atoms with van der Waals surface area (Å²) in [5.74, 6) is 0. The van der Waals surface area contributed by atoms with Crippen LogP contribution >= 0.6 is 0 Å². The summed E-state index contributed by atoms with van der Waals surface area (Å²) in [6.07, 6.45) is 6.58. The van der Waals surface area contributed by atoms with E-state index in [4.69, 9.17) is 4.74 Å². The fourth-order valence-corrected chi connectivity index (χ4v) is 1.43. The molecule has 0 aromatic carbocycles. The first-order valence-electron chi connectivity index (χ1n) is 4.35. The van der Waals surface area contributed by atoms with E-state index in [1.54, 1.807) is 0 Å². The van der Waals surface area contributed by atoms with E-state index in [1.165, 1.54) is 32.1 Å². The Balaban J connectivity index is 2.30. The Morgan fingerprint density at radius 1 is 1.00 bits per heavy atom. The molecular weight excluding hydrogens is 124 g/mol. The Morgan fingerprint density at radius 3 is 2.50 bits per heavy atom. The average Bonchev–Trinajstić information content (AvgIpc) is 1.81. The Labute approximate surface area is 63.8 Å². The second-order valence-electron chi connectivity index (χ2n) is 3.77. The summed E-state index contributed by atoms with van der Waals surface area (Å²) in [6, 6.07) is 0. The first-order valence-corrected chi connectivity index (χ1v) is 4.35. The van der Waals surface area contributed by atoms with E-state index >= 15 is 0 Å². The zero-order chi connectivity index (χ0) is 7.45. The molecule has 1 rings (SSSR count). The highest BCUT2D eigenvalue weighted by Crippen LogP contribution is 2.21. The van der Waals surface area contributed by atoms with Crippen molar-refractivity contribution in [2.45, 2.75) is 51.6 Å². The first kappa shape index (κ1) is 8.06. The van der Waals surface area contributed by atoms with Crippen LogP contribution in [0.1, 0.15) is 46.0 Å². The molecule has 0 saturated carbocycles. The van der Waals surface area contributed by atoms with Crippen LogP contribution in [0.25, 0.3) is 0 Å². The predicted molar refractivity (Wildman–Crippen MR) is 43.1 cm³/mol. The van der Waals surface area contributed by atoms with Crippen molar-refractivity contribution in [1.29, 1.82) is 0 Å². The van der Waals surface area contributed by atoms with Crippen molar-refractivity contribution >= 4 is 0 Å². The highest BCUT2D eigenvalue weighted by atomic mass is 16.5. The molecule has 0 N–H and O–H groups in total. The van der Waals surface area contributed by atoms with E-state index in [0.717, 1.165) is 6.61 Å². The molecule has 0 amide bonds. The number of hydrogen-bond donors (Lipinski definition) is 0. The van der Waals surface area contributed by atoms with Crippen LogP contribution in [0.15, 0.2) is 0 Å². The molecule has 1 heteroatoms. The third kappa shape index (κ3) is 2.70. The summed E-state index contributed by atoms with van der Waals surface area (Å²) in [5, 5.41) is 0. The second-order valence-corrected chi connectivity index (χ2v) is 3.77. The molecule has 0 spiro atoms. The van der Waals surface area contributed by atoms with Gasteiger partial charge in [0.05, 0.1) is 5.60 Å². The molecule has 0 radical (unpaired) electrons. The minimum absolute atomic E-state index is 0.153. The van der Waals surface area contributed by atoms with Gasteiger partial charge in [0.25, 0.3) is 0 Å². The van der Waals surface area contributed by atoms with Gasteiger partial charge in [0.2, 0.25) is 0 Å². The monoisotopic (exact) mass is 142 g/mol. The molecular formula is C9H18O. The summed E-state index contributed by atoms with van der Waals surface area (Å²) < 4.78 is 5.67. The Bertz CT molecular complexity index is 86.9. The van der Waals surface area contributed by atoms with Gasteiger partial charge in [-0.15, -0.1) is 0 Å². The van der Waals surface area contributed by atoms with Gasteiger partial charge in [-0.2, -0.15) is 0 Å². The van der Waals surface area contributed by atoms with Gasteiger partial charge in [0.15, 0.2) is 0 Å². The molecule has 1 heterocycles. The summed E-state index contributed by atoms with van der Waals surface area (Å²) in [7, 11) is 0. The lowest BCUT2D eigenvalue weighted by Gasteiger charge is -2.27. The summed E-state index contributed by atoms with van der Waals surface area (Å²) >= 11 is 0. The second kappa shape index (κ2) is 3.38. The van der Waals surface area contributed by atoms with Crippen LogP contribution in [0.3, 0.4) is 0 Å². The molecule has 1 aliphatic heterocycles. The van der Waals surface area contributed by atoms with Crippen LogP contribution in [0.4, 0.5) is 0 Å². The van der Waals surface area contributed by atoms with E-state index < -0.39 is 0 Å². The van der Waals surface area contributed by atoms with E-state index in [9.17, 15) is 0 Å². The number of ether oxygens (including phenoxy) is 1. The van der Waals surface area contributed by atoms with Crippen LogP contribution in [-0.4, -0.2) is 12.2 Å². The number of hydrogen-bond acceptors (Lipinski definition) is 1. The fourth-order valence-electron chi connectivity index (χ4n) is 1.43. The van der Waals surface area contributed by atoms with Crippen LogP contribution in [0.5, 0.6) is 0 Å². The Hall–Kier alpha value is -0.0400. The first-order chi connectivity index (χ1) is 4.71. The quantitative estimate of drug-likeness (QED) is 0.505. The highest BCUT2D eigenvalue weighted by Gasteiger charge is 2.18. The van der Waals surface area contributed by atoms with Crippen LogP contribution in [0, 0.1) is 0 Å². The van der Waals surface area contributed by atoms with Gasteiger partial charge >= 0.3 is 0 Å². The summed E-state index contributed by atoms with van der Waals surface area (Å²) in [6.45, 7) is 5.35. The van der Waals surface area contributed by atoms with Gasteiger partial charge in [0.1, 0.15) is 0 Å². The molecule has 0 unspecified atom stereocenters. The maximum Gasteiger partial charge on any atom is 0.0626 e. The van der Waals surface area contributed by atoms with Gasteiger partial charge in [-0.05, 0) is 26.7 Å². The minimum atomic E-state index is 0.153. The maximum absolute atomic E-state index is 5.67. The van der Waals surface area contributed by atoms with E-state index in [-0.39, 0.29) is 5.60 Å². The van der Waals surface area contributed by atoms with Crippen molar-refractivity contribution in [1.82, 2.24) is 0 Å². The Kier molecular flexibility index (Phi) is 2.72. The molecule has 0 aliphatic carbocycles. The zero-order valence-corrected chi connectivity index (χ0v) is 7.15. The van der Waals surface area contributed by atoms with E-state index in [2.05, 4.69) is 13.8 Å². The van der Waals surface area contributed by atoms with Crippen molar-refractivity contribution in [3.05, 3.63) is 0 Å². The van der Waals surface area contributed by atoms with E-state index in [0.29, 0.717) is 0 Å². The molecule has 0 atom stereocenters. The standard InChI is InChI=1S/C9H18O/c1-9(2)7-5-3-4-6-8-10-9/h3-8H2,1-2H3. The lowest BCUT2D eigenvalue weighted by Crippen LogP contribution is -2.26. The van der Waals surface area contributed by atoms with Gasteiger partial charge in [-0.25, -0.2) is 0 Å². The molecule has 0 aromatic heterocycles. The fraction of sp³-hybridized carbons (Fsp3) is 1.00. The van der Waals surface area contributed by atoms with Crippen molar-refractivity contribution < 1.29 is 4.74 Å². The minimum Gasteiger partial charge on any atom is -0.376 e. The third-order valence-electron chi connectivity index (χ3n) is 2.17. The maximum atomic E-state index is 5.67. The molecule has 0 bridgehead atoms. The molecule has 1 aliphatic rings. The van der Waals surface area contributed by atoms with Crippen molar-refractivity contribution in [2.24, 2.45) is 0 Å². The van der Waals surface area contributed by atoms with E-state index in [1.807, 2.05) is 0 Å². The van der Waals surface area contributed by atoms with Gasteiger partial charge in [-0.3, -0.25) is 0 Å². The van der Waals surface area contributed by atoms with Crippen LogP contribution in [-0.2, 0) is 4.74 Å². The molecule has 10 heavy (non-hydrogen) atoms. The van der Waals surface area contributed by atoms with Crippen LogP contribution in [0.2, 0.25) is 0 Å². The smallest absolute Gasteiger partial charge is 0.0626 e. The van der Waals surface area contributed by atoms with Gasteiger partial charge in [0, 0.05) is 6.61 Å². The molecule has 1 nitrogen and oxygen atoms in total. The lowest BCUT2D eigenvalue weighted by molar-refractivity contribution is -0.0328. The zero-order valence-electron chi connectivity index (χ0n) is 7.15. The third-order valence-corrected chi connectivity index (χ3v) is 2.17. The number of rotatable bonds is 0. The molecule has 1 saturated heterocycles. The SMILES string of the molecule is CC1(C)CCCCCCO1. The topological polar surface area (TPSA) is 9.23 Å². The summed E-state index contributed by atoms with van der Waals surface area (Å²) in [5.41, 5.74) is 0.153. The molecule has 60 valence electrons. The van der Waals surface area contributed by atoms with Gasteiger partial charge in [-0.1, -0.05) is 19.3 Å². The average molecular weight is 142 g/mol. The van der Waals surface area contributed by atoms with Crippen molar-refractivity contribution in [3.8, 4) is 0 Å². The molecule has 1 fully saturated rings. The molecule has 0 aromatic rings. The lowest BCUT2D eigenvalue weighted by atomic mass is 9.98. The van der Waals surface area contributed by atoms with Crippen molar-refractivity contribution in [3.63, 3.8) is 0 Å². The normalized spacial score (nSPS) is 27.0. The van der Waals surface area contributed by atoms with Crippen molar-refractivity contribution in [2.75, 3.05) is 6.61 Å². The summed E-state index contributed by atoms with van der Waals surface area (Å²) in [4.78, 5) is 0. The highest BCUT2D eigenvalue weighted by molar-refractivity contribution is 4.69. The Morgan fingerprint density at radius 2 is 1.70 bits per heavy atom. The largest absolute Gasteiger partial charge is 0.376 e. The van der Waals surface area contributed by atoms with Gasteiger partial charge < -0.3 is 4.74 Å². The van der Waals surface area contributed by atoms with Crippen LogP contribution < -0.4 is 0 Å².